The molecular formula is C19H24N2O2. The summed E-state index contributed by atoms with van der Waals surface area (Å²) in [6.07, 6.45) is -16.8. The van der Waals surface area contributed by atoms with Gasteiger partial charge in [0.15, 0.2) is 0 Å². The molecule has 0 aromatic heterocycles. The van der Waals surface area contributed by atoms with Crippen molar-refractivity contribution in [1.82, 2.24) is 9.80 Å². The molecule has 2 heterocycles. The number of carbonyl (C=O) groups is 2. The van der Waals surface area contributed by atoms with Gasteiger partial charge in [-0.2, -0.15) is 0 Å². The van der Waals surface area contributed by atoms with Crippen LogP contribution in [0.1, 0.15) is 62.7 Å². The number of piperazine rings is 1. The summed E-state index contributed by atoms with van der Waals surface area (Å²) < 4.78 is 81.1. The smallest absolute Gasteiger partial charge is 0.242 e. The van der Waals surface area contributed by atoms with Gasteiger partial charge in [0.05, 0.1) is 12.6 Å². The number of fused-ring (bicyclic) bond motifs is 3. The second-order valence-corrected chi connectivity index (χ2v) is 5.87. The van der Waals surface area contributed by atoms with Crippen molar-refractivity contribution in [3.8, 4) is 0 Å². The van der Waals surface area contributed by atoms with Crippen LogP contribution in [-0.2, 0) is 16.0 Å². The fourth-order valence-electron chi connectivity index (χ4n) is 3.43. The van der Waals surface area contributed by atoms with Crippen molar-refractivity contribution in [3.05, 3.63) is 35.4 Å². The summed E-state index contributed by atoms with van der Waals surface area (Å²) in [6, 6.07) is 6.82. The van der Waals surface area contributed by atoms with Gasteiger partial charge < -0.3 is 9.80 Å². The molecule has 0 spiro atoms. The molecule has 3 aliphatic rings. The Balaban J connectivity index is 1.75. The van der Waals surface area contributed by atoms with Crippen LogP contribution in [0.25, 0.3) is 0 Å². The maximum absolute atomic E-state index is 13.5. The van der Waals surface area contributed by atoms with Gasteiger partial charge in [-0.3, -0.25) is 9.59 Å². The van der Waals surface area contributed by atoms with Crippen molar-refractivity contribution in [1.29, 1.82) is 0 Å². The summed E-state index contributed by atoms with van der Waals surface area (Å²) in [6.45, 7) is -0.124. The summed E-state index contributed by atoms with van der Waals surface area (Å²) in [5.74, 6) is -4.17. The van der Waals surface area contributed by atoms with E-state index in [2.05, 4.69) is 0 Å². The Morgan fingerprint density at radius 2 is 1.96 bits per heavy atom. The van der Waals surface area contributed by atoms with E-state index >= 15 is 0 Å². The van der Waals surface area contributed by atoms with E-state index in [9.17, 15) is 9.59 Å². The third kappa shape index (κ3) is 2.64. The van der Waals surface area contributed by atoms with Gasteiger partial charge >= 0.3 is 0 Å². The van der Waals surface area contributed by atoms with Crippen LogP contribution in [0.2, 0.25) is 0 Å². The lowest BCUT2D eigenvalue weighted by Gasteiger charge is -2.45. The van der Waals surface area contributed by atoms with Crippen molar-refractivity contribution in [3.63, 3.8) is 0 Å². The molecule has 1 atom stereocenters. The zero-order chi connectivity index (χ0) is 24.8. The van der Waals surface area contributed by atoms with Crippen LogP contribution in [0.3, 0.4) is 0 Å². The normalized spacial score (nSPS) is 42.4. The topological polar surface area (TPSA) is 40.6 Å². The zero-order valence-corrected chi connectivity index (χ0v) is 12.5. The molecule has 1 aromatic rings. The molecule has 2 fully saturated rings. The van der Waals surface area contributed by atoms with E-state index in [0.29, 0.717) is 13.0 Å². The molecule has 1 saturated heterocycles. The highest BCUT2D eigenvalue weighted by molar-refractivity contribution is 5.87. The van der Waals surface area contributed by atoms with E-state index in [0.717, 1.165) is 16.0 Å². The van der Waals surface area contributed by atoms with Crippen LogP contribution >= 0.6 is 0 Å². The van der Waals surface area contributed by atoms with Gasteiger partial charge in [0.25, 0.3) is 0 Å². The molecule has 0 unspecified atom stereocenters. The van der Waals surface area contributed by atoms with E-state index in [1.807, 2.05) is 18.2 Å². The predicted octanol–water partition coefficient (Wildman–Crippen LogP) is 2.53. The molecule has 122 valence electrons. The van der Waals surface area contributed by atoms with Crippen LogP contribution in [0, 0.1) is 5.92 Å². The Kier molecular flexibility index (Phi) is 1.92. The maximum atomic E-state index is 13.5. The van der Waals surface area contributed by atoms with Crippen molar-refractivity contribution < 1.29 is 23.3 Å². The minimum atomic E-state index is -3.57. The van der Waals surface area contributed by atoms with Gasteiger partial charge in [-0.25, -0.2) is 0 Å². The third-order valence-corrected chi connectivity index (χ3v) is 4.57. The molecule has 0 N–H and O–H groups in total. The summed E-state index contributed by atoms with van der Waals surface area (Å²) in [5, 5.41) is 0. The molecule has 4 nitrogen and oxygen atoms in total. The Bertz CT molecular complexity index is 982. The lowest BCUT2D eigenvalue weighted by atomic mass is 9.87. The Morgan fingerprint density at radius 3 is 2.78 bits per heavy atom. The highest BCUT2D eigenvalue weighted by Gasteiger charge is 2.39. The van der Waals surface area contributed by atoms with Crippen LogP contribution in [0.4, 0.5) is 0 Å². The molecule has 2 amide bonds. The average Bonchev–Trinajstić information content (AvgIpc) is 2.71. The average molecular weight is 322 g/mol. The van der Waals surface area contributed by atoms with E-state index in [-0.39, 0.29) is 6.54 Å². The fraction of sp³-hybridized carbons (Fsp3) is 0.579. The van der Waals surface area contributed by atoms with Crippen LogP contribution < -0.4 is 0 Å². The fourth-order valence-corrected chi connectivity index (χ4v) is 3.43. The molecule has 1 aromatic carbocycles. The lowest BCUT2D eigenvalue weighted by Crippen LogP contribution is -2.56. The van der Waals surface area contributed by atoms with Gasteiger partial charge in [-0.05, 0) is 30.3 Å². The van der Waals surface area contributed by atoms with Crippen LogP contribution in [-0.4, -0.2) is 41.2 Å². The van der Waals surface area contributed by atoms with Crippen molar-refractivity contribution >= 4 is 11.8 Å². The second kappa shape index (κ2) is 5.99. The SMILES string of the molecule is [2H]C1([2H])C(C(=O)N2CC(=O)N3CCc4ccccc4[C@@H]3C2)C([2H])([2H])C([2H])([2H])C([2H])([2H])C1([2H])[2H]. The van der Waals surface area contributed by atoms with Crippen LogP contribution in [0.5, 0.6) is 0 Å². The second-order valence-electron chi connectivity index (χ2n) is 5.87. The summed E-state index contributed by atoms with van der Waals surface area (Å²) >= 11 is 0. The van der Waals surface area contributed by atoms with Crippen molar-refractivity contribution in [2.45, 2.75) is 44.3 Å². The number of hydrogen-bond acceptors (Lipinski definition) is 2. The minimum Gasteiger partial charge on any atom is -0.332 e. The highest BCUT2D eigenvalue weighted by atomic mass is 16.2. The number of nitrogens with zero attached hydrogens (tertiary/aromatic N) is 2. The first-order valence-electron chi connectivity index (χ1n) is 12.7. The number of amides is 2. The summed E-state index contributed by atoms with van der Waals surface area (Å²) in [4.78, 5) is 28.9. The molecule has 23 heavy (non-hydrogen) atoms. The monoisotopic (exact) mass is 322 g/mol. The largest absolute Gasteiger partial charge is 0.332 e. The van der Waals surface area contributed by atoms with Gasteiger partial charge in [-0.1, -0.05) is 43.4 Å². The first-order valence-corrected chi connectivity index (χ1v) is 7.66. The molecule has 0 bridgehead atoms. The lowest BCUT2D eigenvalue weighted by molar-refractivity contribution is -0.152. The number of benzene rings is 1. The van der Waals surface area contributed by atoms with Crippen LogP contribution in [0.15, 0.2) is 24.3 Å². The first kappa shape index (κ1) is 7.37. The van der Waals surface area contributed by atoms with Gasteiger partial charge in [-0.15, -0.1) is 0 Å². The number of carbonyl (C=O) groups excluding carboxylic acids is 2. The van der Waals surface area contributed by atoms with Crippen molar-refractivity contribution in [2.24, 2.45) is 5.92 Å². The summed E-state index contributed by atoms with van der Waals surface area (Å²) in [7, 11) is 0. The predicted molar refractivity (Wildman–Crippen MR) is 87.8 cm³/mol. The zero-order valence-electron chi connectivity index (χ0n) is 22.5. The molecule has 1 saturated carbocycles. The molecule has 0 radical (unpaired) electrons. The number of rotatable bonds is 1. The quantitative estimate of drug-likeness (QED) is 0.797. The van der Waals surface area contributed by atoms with E-state index in [1.54, 1.807) is 11.0 Å². The Labute approximate surface area is 151 Å². The molecular weight excluding hydrogens is 288 g/mol. The van der Waals surface area contributed by atoms with E-state index in [4.69, 9.17) is 13.7 Å². The third-order valence-electron chi connectivity index (χ3n) is 4.57. The molecule has 2 aliphatic heterocycles. The Morgan fingerprint density at radius 1 is 1.17 bits per heavy atom. The van der Waals surface area contributed by atoms with Crippen molar-refractivity contribution in [2.75, 3.05) is 19.6 Å². The molecule has 4 rings (SSSR count). The van der Waals surface area contributed by atoms with Gasteiger partial charge in [0, 0.05) is 32.7 Å². The number of hydrogen-bond donors (Lipinski definition) is 0. The maximum Gasteiger partial charge on any atom is 0.242 e. The van der Waals surface area contributed by atoms with Gasteiger partial charge in [0.2, 0.25) is 11.8 Å². The minimum absolute atomic E-state index is 0.0802. The Hall–Kier alpha value is -1.84. The molecule has 4 heteroatoms. The standard InChI is InChI=1S/C19H24N2O2/c22-18-13-20(19(23)15-7-2-1-3-8-15)12-17-16-9-5-4-6-14(16)10-11-21(17)18/h4-6,9,15,17H,1-3,7-8,10-13H2/t17-/m0/s1/i1D2,2D2,3D2,7D2,8D2. The first-order chi connectivity index (χ1) is 15.0. The van der Waals surface area contributed by atoms with E-state index in [1.165, 1.54) is 0 Å². The highest BCUT2D eigenvalue weighted by Crippen LogP contribution is 2.34. The van der Waals surface area contributed by atoms with E-state index < -0.39 is 62.2 Å². The summed E-state index contributed by atoms with van der Waals surface area (Å²) in [5.41, 5.74) is 1.80. The van der Waals surface area contributed by atoms with Gasteiger partial charge in [0.1, 0.15) is 0 Å². The molecule has 1 aliphatic carbocycles.